The van der Waals surface area contributed by atoms with E-state index < -0.39 is 5.60 Å². The number of rotatable bonds is 7. The summed E-state index contributed by atoms with van der Waals surface area (Å²) in [5.74, 6) is 0. The van der Waals surface area contributed by atoms with E-state index in [1.54, 1.807) is 0 Å². The van der Waals surface area contributed by atoms with E-state index in [-0.39, 0.29) is 6.04 Å². The molecule has 0 bridgehead atoms. The molecule has 1 aromatic carbocycles. The monoisotopic (exact) mass is 328 g/mol. The Kier molecular flexibility index (Phi) is 6.47. The molecule has 0 aromatic heterocycles. The van der Waals surface area contributed by atoms with Crippen molar-refractivity contribution >= 4 is 15.9 Å². The van der Waals surface area contributed by atoms with E-state index in [0.717, 1.165) is 29.5 Å². The lowest BCUT2D eigenvalue weighted by molar-refractivity contribution is 0.0370. The van der Waals surface area contributed by atoms with Gasteiger partial charge in [-0.2, -0.15) is 0 Å². The fourth-order valence-corrected chi connectivity index (χ4v) is 2.73. The van der Waals surface area contributed by atoms with Crippen LogP contribution in [0.15, 0.2) is 28.7 Å². The number of halogens is 1. The van der Waals surface area contributed by atoms with Gasteiger partial charge < -0.3 is 15.7 Å². The van der Waals surface area contributed by atoms with Crippen molar-refractivity contribution in [3.63, 3.8) is 0 Å². The lowest BCUT2D eigenvalue weighted by Crippen LogP contribution is -2.39. The third-order valence-corrected chi connectivity index (χ3v) is 3.84. The molecule has 19 heavy (non-hydrogen) atoms. The van der Waals surface area contributed by atoms with Crippen molar-refractivity contribution in [2.75, 3.05) is 19.6 Å². The second-order valence-corrected chi connectivity index (χ2v) is 6.45. The fourth-order valence-electron chi connectivity index (χ4n) is 2.15. The number of aliphatic hydroxyl groups is 1. The molecule has 0 saturated heterocycles. The summed E-state index contributed by atoms with van der Waals surface area (Å²) in [5, 5.41) is 9.87. The van der Waals surface area contributed by atoms with Crippen LogP contribution >= 0.6 is 15.9 Å². The van der Waals surface area contributed by atoms with E-state index in [4.69, 9.17) is 5.73 Å². The second kappa shape index (κ2) is 7.39. The molecule has 0 fully saturated rings. The molecular weight excluding hydrogens is 304 g/mol. The Bertz CT molecular complexity index is 390. The molecule has 1 rings (SSSR count). The molecule has 0 radical (unpaired) electrons. The SMILES string of the molecule is CCN(CCC(N)c1ccccc1Br)CC(C)(C)O. The van der Waals surface area contributed by atoms with Crippen LogP contribution < -0.4 is 5.73 Å². The maximum atomic E-state index is 9.87. The van der Waals surface area contributed by atoms with Gasteiger partial charge in [-0.25, -0.2) is 0 Å². The Morgan fingerprint density at radius 1 is 1.37 bits per heavy atom. The van der Waals surface area contributed by atoms with Crippen molar-refractivity contribution in [2.24, 2.45) is 5.73 Å². The first-order valence-corrected chi connectivity index (χ1v) is 7.57. The summed E-state index contributed by atoms with van der Waals surface area (Å²) in [6.45, 7) is 8.27. The molecule has 1 unspecified atom stereocenters. The molecule has 0 spiro atoms. The zero-order valence-electron chi connectivity index (χ0n) is 12.1. The zero-order chi connectivity index (χ0) is 14.5. The molecule has 0 aliphatic heterocycles. The van der Waals surface area contributed by atoms with Crippen molar-refractivity contribution in [2.45, 2.75) is 38.8 Å². The van der Waals surface area contributed by atoms with Crippen LogP contribution in [0.5, 0.6) is 0 Å². The van der Waals surface area contributed by atoms with E-state index >= 15 is 0 Å². The number of nitrogens with zero attached hydrogens (tertiary/aromatic N) is 1. The van der Waals surface area contributed by atoms with Crippen molar-refractivity contribution in [1.29, 1.82) is 0 Å². The Hall–Kier alpha value is -0.420. The highest BCUT2D eigenvalue weighted by Crippen LogP contribution is 2.23. The van der Waals surface area contributed by atoms with Crippen molar-refractivity contribution in [3.8, 4) is 0 Å². The molecule has 0 aliphatic carbocycles. The quantitative estimate of drug-likeness (QED) is 0.809. The predicted octanol–water partition coefficient (Wildman–Crippen LogP) is 2.93. The number of nitrogens with two attached hydrogens (primary N) is 1. The Morgan fingerprint density at radius 3 is 2.53 bits per heavy atom. The maximum Gasteiger partial charge on any atom is 0.0718 e. The van der Waals surface area contributed by atoms with Gasteiger partial charge in [-0.1, -0.05) is 41.1 Å². The molecular formula is C15H25BrN2O. The third kappa shape index (κ3) is 6.04. The number of hydrogen-bond donors (Lipinski definition) is 2. The summed E-state index contributed by atoms with van der Waals surface area (Å²) in [7, 11) is 0. The van der Waals surface area contributed by atoms with Gasteiger partial charge >= 0.3 is 0 Å². The topological polar surface area (TPSA) is 49.5 Å². The normalized spacial score (nSPS) is 13.8. The molecule has 3 N–H and O–H groups in total. The summed E-state index contributed by atoms with van der Waals surface area (Å²) < 4.78 is 1.06. The van der Waals surface area contributed by atoms with Crippen LogP contribution in [0.2, 0.25) is 0 Å². The predicted molar refractivity (Wildman–Crippen MR) is 84.1 cm³/mol. The summed E-state index contributed by atoms with van der Waals surface area (Å²) >= 11 is 3.54. The van der Waals surface area contributed by atoms with Crippen LogP contribution in [0.25, 0.3) is 0 Å². The van der Waals surface area contributed by atoms with E-state index in [1.165, 1.54) is 0 Å². The van der Waals surface area contributed by atoms with Gasteiger partial charge in [-0.15, -0.1) is 0 Å². The van der Waals surface area contributed by atoms with Gasteiger partial charge in [-0.05, 0) is 38.4 Å². The average molecular weight is 329 g/mol. The van der Waals surface area contributed by atoms with Crippen LogP contribution in [-0.2, 0) is 0 Å². The molecule has 1 atom stereocenters. The van der Waals surface area contributed by atoms with Crippen LogP contribution in [0.1, 0.15) is 38.8 Å². The number of benzene rings is 1. The molecule has 0 saturated carbocycles. The third-order valence-electron chi connectivity index (χ3n) is 3.12. The molecule has 108 valence electrons. The summed E-state index contributed by atoms with van der Waals surface area (Å²) in [5.41, 5.74) is 6.72. The minimum Gasteiger partial charge on any atom is -0.389 e. The first-order chi connectivity index (χ1) is 8.83. The molecule has 0 heterocycles. The Morgan fingerprint density at radius 2 is 2.00 bits per heavy atom. The minimum atomic E-state index is -0.659. The van der Waals surface area contributed by atoms with E-state index in [2.05, 4.69) is 33.8 Å². The van der Waals surface area contributed by atoms with Crippen LogP contribution in [-0.4, -0.2) is 35.2 Å². The number of likely N-dealkylation sites (N-methyl/N-ethyl adjacent to an activating group) is 1. The Labute approximate surface area is 124 Å². The van der Waals surface area contributed by atoms with E-state index in [1.807, 2.05) is 32.0 Å². The first-order valence-electron chi connectivity index (χ1n) is 6.78. The highest BCUT2D eigenvalue weighted by atomic mass is 79.9. The lowest BCUT2D eigenvalue weighted by Gasteiger charge is -2.29. The van der Waals surface area contributed by atoms with Crippen LogP contribution in [0, 0.1) is 0 Å². The number of hydrogen-bond acceptors (Lipinski definition) is 3. The van der Waals surface area contributed by atoms with Crippen LogP contribution in [0.4, 0.5) is 0 Å². The summed E-state index contributed by atoms with van der Waals surface area (Å²) in [6, 6.07) is 8.10. The lowest BCUT2D eigenvalue weighted by atomic mass is 10.0. The maximum absolute atomic E-state index is 9.87. The minimum absolute atomic E-state index is 0.0198. The molecule has 3 nitrogen and oxygen atoms in total. The summed E-state index contributed by atoms with van der Waals surface area (Å²) in [6.07, 6.45) is 0.881. The smallest absolute Gasteiger partial charge is 0.0718 e. The highest BCUT2D eigenvalue weighted by molar-refractivity contribution is 9.10. The second-order valence-electron chi connectivity index (χ2n) is 5.60. The van der Waals surface area contributed by atoms with Gasteiger partial charge in [0, 0.05) is 23.6 Å². The highest BCUT2D eigenvalue weighted by Gasteiger charge is 2.18. The fraction of sp³-hybridized carbons (Fsp3) is 0.600. The van der Waals surface area contributed by atoms with Gasteiger partial charge in [-0.3, -0.25) is 0 Å². The standard InChI is InChI=1S/C15H25BrN2O/c1-4-18(11-15(2,3)19)10-9-14(17)12-7-5-6-8-13(12)16/h5-8,14,19H,4,9-11,17H2,1-3H3. The van der Waals surface area contributed by atoms with Gasteiger partial charge in [0.15, 0.2) is 0 Å². The molecule has 0 amide bonds. The van der Waals surface area contributed by atoms with Gasteiger partial charge in [0.1, 0.15) is 0 Å². The first kappa shape index (κ1) is 16.6. The van der Waals surface area contributed by atoms with Crippen molar-refractivity contribution < 1.29 is 5.11 Å². The van der Waals surface area contributed by atoms with E-state index in [0.29, 0.717) is 6.54 Å². The summed E-state index contributed by atoms with van der Waals surface area (Å²) in [4.78, 5) is 2.23. The van der Waals surface area contributed by atoms with E-state index in [9.17, 15) is 5.11 Å². The molecule has 4 heteroatoms. The molecule has 0 aliphatic rings. The van der Waals surface area contributed by atoms with Gasteiger partial charge in [0.2, 0.25) is 0 Å². The van der Waals surface area contributed by atoms with Crippen LogP contribution in [0.3, 0.4) is 0 Å². The van der Waals surface area contributed by atoms with Crippen molar-refractivity contribution in [1.82, 2.24) is 4.90 Å². The zero-order valence-corrected chi connectivity index (χ0v) is 13.7. The van der Waals surface area contributed by atoms with Crippen molar-refractivity contribution in [3.05, 3.63) is 34.3 Å². The average Bonchev–Trinajstić information content (AvgIpc) is 2.33. The Balaban J connectivity index is 2.53. The van der Waals surface area contributed by atoms with Gasteiger partial charge in [0.25, 0.3) is 0 Å². The molecule has 1 aromatic rings. The largest absolute Gasteiger partial charge is 0.389 e. The van der Waals surface area contributed by atoms with Gasteiger partial charge in [0.05, 0.1) is 5.60 Å².